The molecule has 1 fully saturated rings. The summed E-state index contributed by atoms with van der Waals surface area (Å²) in [6.45, 7) is 7.68. The van der Waals surface area contributed by atoms with Crippen molar-refractivity contribution in [1.82, 2.24) is 14.7 Å². The molecule has 9 heteroatoms. The number of rotatable bonds is 6. The molecular weight excluding hydrogens is 512 g/mol. The number of carbonyl (C=O) groups excluding carboxylic acids is 3. The maximum atomic E-state index is 13.6. The van der Waals surface area contributed by atoms with E-state index in [2.05, 4.69) is 0 Å². The van der Waals surface area contributed by atoms with Gasteiger partial charge >= 0.3 is 5.97 Å². The highest BCUT2D eigenvalue weighted by molar-refractivity contribution is 8.16. The van der Waals surface area contributed by atoms with Crippen molar-refractivity contribution in [2.75, 3.05) is 26.2 Å². The average molecular weight is 545 g/mol. The molecule has 202 valence electrons. The minimum atomic E-state index is -0.467. The molecule has 0 aromatic heterocycles. The van der Waals surface area contributed by atoms with Gasteiger partial charge in [-0.1, -0.05) is 66.4 Å². The van der Waals surface area contributed by atoms with Gasteiger partial charge < -0.3 is 19.4 Å². The number of hydrogen-bond donors (Lipinski definition) is 0. The molecule has 39 heavy (non-hydrogen) atoms. The van der Waals surface area contributed by atoms with Gasteiger partial charge in [0.15, 0.2) is 5.17 Å². The van der Waals surface area contributed by atoms with Crippen molar-refractivity contribution in [3.63, 3.8) is 0 Å². The number of amides is 2. The van der Waals surface area contributed by atoms with Crippen LogP contribution in [0.3, 0.4) is 0 Å². The summed E-state index contributed by atoms with van der Waals surface area (Å²) in [5.41, 5.74) is 4.79. The van der Waals surface area contributed by atoms with Crippen molar-refractivity contribution < 1.29 is 19.1 Å². The van der Waals surface area contributed by atoms with E-state index in [1.165, 1.54) is 11.8 Å². The lowest BCUT2D eigenvalue weighted by Gasteiger charge is -2.38. The zero-order valence-electron chi connectivity index (χ0n) is 22.4. The normalized spacial score (nSPS) is 18.9. The second-order valence-corrected chi connectivity index (χ2v) is 10.7. The highest BCUT2D eigenvalue weighted by Gasteiger charge is 2.42. The van der Waals surface area contributed by atoms with Crippen molar-refractivity contribution >= 4 is 34.7 Å². The Morgan fingerprint density at radius 2 is 1.62 bits per heavy atom. The Balaban J connectivity index is 1.41. The molecule has 0 aliphatic carbocycles. The number of aliphatic imine (C=N–C) groups is 1. The van der Waals surface area contributed by atoms with Crippen LogP contribution in [-0.2, 0) is 25.7 Å². The van der Waals surface area contributed by atoms with Gasteiger partial charge in [0.1, 0.15) is 6.61 Å². The van der Waals surface area contributed by atoms with E-state index in [0.717, 1.165) is 27.6 Å². The van der Waals surface area contributed by atoms with E-state index < -0.39 is 12.0 Å². The maximum Gasteiger partial charge on any atom is 0.338 e. The van der Waals surface area contributed by atoms with Crippen LogP contribution in [-0.4, -0.2) is 63.8 Å². The summed E-state index contributed by atoms with van der Waals surface area (Å²) >= 11 is 1.46. The van der Waals surface area contributed by atoms with E-state index in [-0.39, 0.29) is 24.8 Å². The van der Waals surface area contributed by atoms with Gasteiger partial charge in [-0.2, -0.15) is 0 Å². The number of piperazine rings is 1. The Kier molecular flexibility index (Phi) is 7.88. The summed E-state index contributed by atoms with van der Waals surface area (Å²) in [6.07, 6.45) is 0.180. The zero-order valence-corrected chi connectivity index (χ0v) is 23.2. The minimum absolute atomic E-state index is 0.00526. The van der Waals surface area contributed by atoms with Crippen LogP contribution in [0.15, 0.2) is 82.0 Å². The fraction of sp³-hybridized carbons (Fsp3) is 0.333. The van der Waals surface area contributed by atoms with Crippen LogP contribution in [0.1, 0.15) is 43.0 Å². The van der Waals surface area contributed by atoms with E-state index in [1.807, 2.05) is 83.7 Å². The quantitative estimate of drug-likeness (QED) is 0.502. The molecule has 0 bridgehead atoms. The molecule has 1 atom stereocenters. The number of hydrogen-bond acceptors (Lipinski definition) is 7. The van der Waals surface area contributed by atoms with E-state index in [1.54, 1.807) is 11.8 Å². The number of allylic oxidation sites excluding steroid dienone is 1. The standard InChI is InChI=1S/C30H32N4O4S/c1-20-9-7-8-12-25(20)28-27(29(37)38-18-23-10-5-4-6-11-23)21(2)31-30-34(28)24(19-39-30)17-26(36)33-15-13-32(14-16-33)22(3)35/h4-12,19,28H,13-18H2,1-3H3/t28-/m0/s1. The van der Waals surface area contributed by atoms with Gasteiger partial charge in [-0.15, -0.1) is 0 Å². The first kappa shape index (κ1) is 26.7. The summed E-state index contributed by atoms with van der Waals surface area (Å²) in [5, 5.41) is 2.70. The lowest BCUT2D eigenvalue weighted by Crippen LogP contribution is -2.50. The fourth-order valence-electron chi connectivity index (χ4n) is 5.16. The number of esters is 1. The minimum Gasteiger partial charge on any atom is -0.457 e. The van der Waals surface area contributed by atoms with E-state index in [0.29, 0.717) is 37.4 Å². The van der Waals surface area contributed by atoms with Crippen molar-refractivity contribution in [3.8, 4) is 0 Å². The molecule has 3 aliphatic heterocycles. The molecule has 5 rings (SSSR count). The van der Waals surface area contributed by atoms with Crippen molar-refractivity contribution in [2.24, 2.45) is 4.99 Å². The molecular formula is C30H32N4O4S. The highest BCUT2D eigenvalue weighted by atomic mass is 32.2. The second-order valence-electron chi connectivity index (χ2n) is 9.87. The number of benzene rings is 2. The second kappa shape index (κ2) is 11.5. The number of amidine groups is 1. The molecule has 0 N–H and O–H groups in total. The molecule has 8 nitrogen and oxygen atoms in total. The Morgan fingerprint density at radius 3 is 2.31 bits per heavy atom. The highest BCUT2D eigenvalue weighted by Crippen LogP contribution is 2.45. The summed E-state index contributed by atoms with van der Waals surface area (Å²) in [7, 11) is 0. The number of ether oxygens (including phenoxy) is 1. The van der Waals surface area contributed by atoms with Crippen LogP contribution in [0.4, 0.5) is 0 Å². The number of aryl methyl sites for hydroxylation is 1. The average Bonchev–Trinajstić information content (AvgIpc) is 3.33. The van der Waals surface area contributed by atoms with Crippen LogP contribution < -0.4 is 0 Å². The topological polar surface area (TPSA) is 82.5 Å². The molecule has 2 aromatic rings. The Labute approximate surface area is 233 Å². The predicted octanol–water partition coefficient (Wildman–Crippen LogP) is 4.39. The summed E-state index contributed by atoms with van der Waals surface area (Å²) in [4.78, 5) is 49.0. The zero-order chi connectivity index (χ0) is 27.5. The number of fused-ring (bicyclic) bond motifs is 1. The first-order chi connectivity index (χ1) is 18.8. The smallest absolute Gasteiger partial charge is 0.338 e. The monoisotopic (exact) mass is 544 g/mol. The SMILES string of the molecule is CC(=O)N1CCN(C(=O)CC2=CSC3=NC(C)=C(C(=O)OCc4ccccc4)[C@H](c4ccccc4C)N23)CC1. The van der Waals surface area contributed by atoms with Crippen LogP contribution in [0.25, 0.3) is 0 Å². The lowest BCUT2D eigenvalue weighted by molar-refractivity contribution is -0.141. The van der Waals surface area contributed by atoms with Gasteiger partial charge in [0.25, 0.3) is 0 Å². The van der Waals surface area contributed by atoms with Crippen LogP contribution in [0, 0.1) is 6.92 Å². The molecule has 0 radical (unpaired) electrons. The van der Waals surface area contributed by atoms with Gasteiger partial charge in [-0.25, -0.2) is 9.79 Å². The van der Waals surface area contributed by atoms with Crippen molar-refractivity contribution in [1.29, 1.82) is 0 Å². The molecule has 0 unspecified atom stereocenters. The maximum absolute atomic E-state index is 13.6. The predicted molar refractivity (Wildman–Crippen MR) is 151 cm³/mol. The third-order valence-corrected chi connectivity index (χ3v) is 8.22. The van der Waals surface area contributed by atoms with E-state index in [4.69, 9.17) is 9.73 Å². The fourth-order valence-corrected chi connectivity index (χ4v) is 6.12. The summed E-state index contributed by atoms with van der Waals surface area (Å²) in [5.74, 6) is -0.397. The van der Waals surface area contributed by atoms with Gasteiger partial charge in [0.05, 0.1) is 23.7 Å². The van der Waals surface area contributed by atoms with Gasteiger partial charge in [-0.05, 0) is 35.9 Å². The Morgan fingerprint density at radius 1 is 0.949 bits per heavy atom. The van der Waals surface area contributed by atoms with Gasteiger partial charge in [-0.3, -0.25) is 9.59 Å². The van der Waals surface area contributed by atoms with E-state index in [9.17, 15) is 14.4 Å². The molecule has 0 spiro atoms. The molecule has 3 heterocycles. The molecule has 2 amide bonds. The third-order valence-electron chi connectivity index (χ3n) is 7.33. The molecule has 0 saturated carbocycles. The third kappa shape index (κ3) is 5.63. The summed E-state index contributed by atoms with van der Waals surface area (Å²) in [6, 6.07) is 17.1. The van der Waals surface area contributed by atoms with Crippen LogP contribution in [0.2, 0.25) is 0 Å². The number of nitrogens with zero attached hydrogens (tertiary/aromatic N) is 4. The summed E-state index contributed by atoms with van der Waals surface area (Å²) < 4.78 is 5.79. The first-order valence-electron chi connectivity index (χ1n) is 13.1. The van der Waals surface area contributed by atoms with Crippen molar-refractivity contribution in [3.05, 3.63) is 93.7 Å². The van der Waals surface area contributed by atoms with Gasteiger partial charge in [0.2, 0.25) is 11.8 Å². The lowest BCUT2D eigenvalue weighted by atomic mass is 9.91. The number of carbonyl (C=O) groups is 3. The number of thioether (sulfide) groups is 1. The largest absolute Gasteiger partial charge is 0.457 e. The van der Waals surface area contributed by atoms with Crippen LogP contribution >= 0.6 is 11.8 Å². The molecule has 1 saturated heterocycles. The van der Waals surface area contributed by atoms with E-state index >= 15 is 0 Å². The first-order valence-corrected chi connectivity index (χ1v) is 14.0. The Bertz CT molecular complexity index is 1380. The Hall–Kier alpha value is -3.85. The van der Waals surface area contributed by atoms with Crippen molar-refractivity contribution in [2.45, 2.75) is 39.8 Å². The van der Waals surface area contributed by atoms with Gasteiger partial charge in [0, 0.05) is 38.8 Å². The van der Waals surface area contributed by atoms with Crippen LogP contribution in [0.5, 0.6) is 0 Å². The molecule has 3 aliphatic rings. The molecule has 2 aromatic carbocycles.